The van der Waals surface area contributed by atoms with Gasteiger partial charge in [-0.1, -0.05) is 6.07 Å². The number of nitrogens with zero attached hydrogens (tertiary/aromatic N) is 1. The molecule has 0 saturated heterocycles. The minimum Gasteiger partial charge on any atom is -0.480 e. The number of rotatable bonds is 5. The Balaban J connectivity index is 2.83. The summed E-state index contributed by atoms with van der Waals surface area (Å²) in [6.45, 7) is -0.512. The maximum absolute atomic E-state index is 12.5. The Morgan fingerprint density at radius 1 is 1.36 bits per heavy atom. The van der Waals surface area contributed by atoms with Gasteiger partial charge in [0, 0.05) is 11.9 Å². The fourth-order valence-corrected chi connectivity index (χ4v) is 1.36. The summed E-state index contributed by atoms with van der Waals surface area (Å²) in [4.78, 5) is 22.0. The van der Waals surface area contributed by atoms with Crippen molar-refractivity contribution in [3.05, 3.63) is 41.6 Å². The highest BCUT2D eigenvalue weighted by Gasteiger charge is 2.30. The fourth-order valence-electron chi connectivity index (χ4n) is 1.36. The number of hydrogen-bond acceptors (Lipinski definition) is 4. The third-order valence-electron chi connectivity index (χ3n) is 2.31. The van der Waals surface area contributed by atoms with Gasteiger partial charge in [-0.05, 0) is 18.2 Å². The highest BCUT2D eigenvalue weighted by atomic mass is 19.4. The predicted molar refractivity (Wildman–Crippen MR) is 69.4 cm³/mol. The maximum atomic E-state index is 12.5. The van der Waals surface area contributed by atoms with Crippen molar-refractivity contribution < 1.29 is 27.9 Å². The van der Waals surface area contributed by atoms with Crippen molar-refractivity contribution in [1.29, 1.82) is 5.26 Å². The molecule has 0 bridgehead atoms. The molecule has 0 unspecified atom stereocenters. The summed E-state index contributed by atoms with van der Waals surface area (Å²) < 4.78 is 37.6. The Morgan fingerprint density at radius 3 is 2.59 bits per heavy atom. The summed E-state index contributed by atoms with van der Waals surface area (Å²) in [5.41, 5.74) is -1.56. The van der Waals surface area contributed by atoms with Gasteiger partial charge in [0.2, 0.25) is 0 Å². The van der Waals surface area contributed by atoms with Gasteiger partial charge < -0.3 is 15.7 Å². The standard InChI is InChI=1S/C13H10F3N3O3/c14-13(15,16)9-2-1-3-10(4-9)19-12(22)8(5-17)6-18-7-11(20)21/h1-4,6,18H,7H2,(H,19,22)(H,20,21)/b8-6-. The summed E-state index contributed by atoms with van der Waals surface area (Å²) in [5, 5.41) is 21.5. The molecule has 1 amide bonds. The first kappa shape index (κ1) is 17.0. The molecular weight excluding hydrogens is 303 g/mol. The predicted octanol–water partition coefficient (Wildman–Crippen LogP) is 1.73. The average molecular weight is 313 g/mol. The number of alkyl halides is 3. The summed E-state index contributed by atoms with van der Waals surface area (Å²) >= 11 is 0. The SMILES string of the molecule is N#C/C(=C/NCC(=O)O)C(=O)Nc1cccc(C(F)(F)F)c1. The Kier molecular flexibility index (Phi) is 5.51. The zero-order valence-electron chi connectivity index (χ0n) is 10.9. The zero-order valence-corrected chi connectivity index (χ0v) is 10.9. The lowest BCUT2D eigenvalue weighted by Crippen LogP contribution is -2.21. The van der Waals surface area contributed by atoms with E-state index in [0.29, 0.717) is 0 Å². The lowest BCUT2D eigenvalue weighted by molar-refractivity contribution is -0.137. The molecule has 1 aromatic carbocycles. The largest absolute Gasteiger partial charge is 0.480 e. The molecule has 1 aromatic rings. The van der Waals surface area contributed by atoms with Crippen LogP contribution in [0.1, 0.15) is 5.56 Å². The highest BCUT2D eigenvalue weighted by Crippen LogP contribution is 2.30. The van der Waals surface area contributed by atoms with E-state index in [4.69, 9.17) is 10.4 Å². The number of anilines is 1. The van der Waals surface area contributed by atoms with Crippen LogP contribution in [0.4, 0.5) is 18.9 Å². The van der Waals surface area contributed by atoms with Gasteiger partial charge in [-0.3, -0.25) is 9.59 Å². The molecule has 0 aromatic heterocycles. The van der Waals surface area contributed by atoms with Crippen LogP contribution in [0.25, 0.3) is 0 Å². The monoisotopic (exact) mass is 313 g/mol. The van der Waals surface area contributed by atoms with E-state index in [1.807, 2.05) is 0 Å². The number of carboxylic acids is 1. The Bertz CT molecular complexity index is 648. The number of hydrogen-bond donors (Lipinski definition) is 3. The van der Waals surface area contributed by atoms with E-state index in [-0.39, 0.29) is 5.69 Å². The van der Waals surface area contributed by atoms with Crippen LogP contribution >= 0.6 is 0 Å². The van der Waals surface area contributed by atoms with Crippen molar-refractivity contribution in [1.82, 2.24) is 5.32 Å². The number of nitrogens with one attached hydrogen (secondary N) is 2. The van der Waals surface area contributed by atoms with Gasteiger partial charge in [-0.2, -0.15) is 18.4 Å². The molecule has 22 heavy (non-hydrogen) atoms. The molecule has 0 fully saturated rings. The van der Waals surface area contributed by atoms with Crippen LogP contribution in [0.2, 0.25) is 0 Å². The number of carbonyl (C=O) groups is 2. The number of halogens is 3. The molecule has 9 heteroatoms. The van der Waals surface area contributed by atoms with E-state index in [1.54, 1.807) is 0 Å². The molecule has 6 nitrogen and oxygen atoms in total. The van der Waals surface area contributed by atoms with Gasteiger partial charge in [-0.15, -0.1) is 0 Å². The first-order valence-corrected chi connectivity index (χ1v) is 5.78. The van der Waals surface area contributed by atoms with E-state index < -0.39 is 35.7 Å². The van der Waals surface area contributed by atoms with E-state index in [9.17, 15) is 22.8 Å². The lowest BCUT2D eigenvalue weighted by atomic mass is 10.2. The van der Waals surface area contributed by atoms with Crippen LogP contribution in [0.15, 0.2) is 36.0 Å². The van der Waals surface area contributed by atoms with Crippen LogP contribution < -0.4 is 10.6 Å². The van der Waals surface area contributed by atoms with Crippen LogP contribution in [0, 0.1) is 11.3 Å². The third-order valence-corrected chi connectivity index (χ3v) is 2.31. The van der Waals surface area contributed by atoms with E-state index >= 15 is 0 Å². The van der Waals surface area contributed by atoms with Crippen molar-refractivity contribution in [2.24, 2.45) is 0 Å². The number of nitriles is 1. The zero-order chi connectivity index (χ0) is 16.8. The van der Waals surface area contributed by atoms with E-state index in [1.165, 1.54) is 12.1 Å². The van der Waals surface area contributed by atoms with Crippen LogP contribution in [-0.4, -0.2) is 23.5 Å². The van der Waals surface area contributed by atoms with Gasteiger partial charge in [0.1, 0.15) is 18.2 Å². The quantitative estimate of drug-likeness (QED) is 0.567. The summed E-state index contributed by atoms with van der Waals surface area (Å²) in [6, 6.07) is 5.41. The second-order valence-corrected chi connectivity index (χ2v) is 3.98. The Morgan fingerprint density at radius 2 is 2.05 bits per heavy atom. The van der Waals surface area contributed by atoms with E-state index in [0.717, 1.165) is 24.4 Å². The highest BCUT2D eigenvalue weighted by molar-refractivity contribution is 6.06. The number of benzene rings is 1. The topological polar surface area (TPSA) is 102 Å². The Labute approximate surface area is 122 Å². The average Bonchev–Trinajstić information content (AvgIpc) is 2.42. The molecule has 0 aliphatic carbocycles. The number of carboxylic acid groups (broad SMARTS) is 1. The van der Waals surface area contributed by atoms with Crippen molar-refractivity contribution in [3.8, 4) is 6.07 Å². The minimum atomic E-state index is -4.56. The van der Waals surface area contributed by atoms with E-state index in [2.05, 4.69) is 10.6 Å². The smallest absolute Gasteiger partial charge is 0.416 e. The van der Waals surface area contributed by atoms with Crippen LogP contribution in [0.3, 0.4) is 0 Å². The first-order valence-electron chi connectivity index (χ1n) is 5.78. The van der Waals surface area contributed by atoms with Gasteiger partial charge in [0.05, 0.1) is 5.56 Å². The molecule has 0 heterocycles. The first-order chi connectivity index (χ1) is 10.2. The van der Waals surface area contributed by atoms with Crippen LogP contribution in [-0.2, 0) is 15.8 Å². The number of amides is 1. The summed E-state index contributed by atoms with van der Waals surface area (Å²) in [6.07, 6.45) is -3.69. The maximum Gasteiger partial charge on any atom is 0.416 e. The second-order valence-electron chi connectivity index (χ2n) is 3.98. The van der Waals surface area contributed by atoms with Gasteiger partial charge in [-0.25, -0.2) is 0 Å². The number of aliphatic carboxylic acids is 1. The molecule has 0 aliphatic heterocycles. The van der Waals surface area contributed by atoms with Crippen molar-refractivity contribution in [2.75, 3.05) is 11.9 Å². The Hall–Kier alpha value is -3.02. The second kappa shape index (κ2) is 7.12. The normalized spacial score (nSPS) is 11.5. The van der Waals surface area contributed by atoms with Crippen molar-refractivity contribution in [3.63, 3.8) is 0 Å². The molecule has 0 aliphatic rings. The van der Waals surface area contributed by atoms with Gasteiger partial charge in [0.15, 0.2) is 0 Å². The molecule has 0 spiro atoms. The molecule has 0 radical (unpaired) electrons. The van der Waals surface area contributed by atoms with Crippen molar-refractivity contribution >= 4 is 17.6 Å². The fraction of sp³-hybridized carbons (Fsp3) is 0.154. The van der Waals surface area contributed by atoms with Crippen LogP contribution in [0.5, 0.6) is 0 Å². The summed E-state index contributed by atoms with van der Waals surface area (Å²) in [7, 11) is 0. The van der Waals surface area contributed by atoms with Crippen molar-refractivity contribution in [2.45, 2.75) is 6.18 Å². The molecule has 1 rings (SSSR count). The lowest BCUT2D eigenvalue weighted by Gasteiger charge is -2.09. The van der Waals surface area contributed by atoms with Gasteiger partial charge in [0.25, 0.3) is 5.91 Å². The molecule has 0 atom stereocenters. The molecule has 0 saturated carbocycles. The molecule has 116 valence electrons. The van der Waals surface area contributed by atoms with Gasteiger partial charge >= 0.3 is 12.1 Å². The molecule has 3 N–H and O–H groups in total. The number of carbonyl (C=O) groups excluding carboxylic acids is 1. The summed E-state index contributed by atoms with van der Waals surface area (Å²) in [5.74, 6) is -2.16. The third kappa shape index (κ3) is 5.16. The molecular formula is C13H10F3N3O3. The minimum absolute atomic E-state index is 0.140.